The first-order valence-electron chi connectivity index (χ1n) is 11.5. The van der Waals surface area contributed by atoms with Gasteiger partial charge in [-0.3, -0.25) is 4.79 Å². The van der Waals surface area contributed by atoms with Gasteiger partial charge in [-0.25, -0.2) is 0 Å². The van der Waals surface area contributed by atoms with Crippen LogP contribution in [0.5, 0.6) is 40.2 Å². The summed E-state index contributed by atoms with van der Waals surface area (Å²) >= 11 is 0. The molecule has 200 valence electrons. The van der Waals surface area contributed by atoms with E-state index in [0.29, 0.717) is 40.1 Å². The number of carbonyl (C=O) groups is 1. The third-order valence-electron chi connectivity index (χ3n) is 5.55. The molecule has 2 N–H and O–H groups in total. The Labute approximate surface area is 221 Å². The fourth-order valence-corrected chi connectivity index (χ4v) is 3.69. The molecule has 0 unspecified atom stereocenters. The SMILES string of the molecule is COc1cc(/C=C/C(=O)Nc2cc(/C=C/c3cc(OC)c(OC)c(OC)c3)ccc2O)cc(OC)c1OC. The zero-order valence-electron chi connectivity index (χ0n) is 22.2. The molecule has 0 aliphatic carbocycles. The topological polar surface area (TPSA) is 105 Å². The number of anilines is 1. The van der Waals surface area contributed by atoms with Crippen LogP contribution in [0.15, 0.2) is 48.5 Å². The van der Waals surface area contributed by atoms with E-state index < -0.39 is 5.91 Å². The number of phenols is 1. The quantitative estimate of drug-likeness (QED) is 0.200. The number of methoxy groups -OCH3 is 6. The lowest BCUT2D eigenvalue weighted by molar-refractivity contribution is -0.111. The molecule has 0 radical (unpaired) electrons. The molecule has 0 saturated carbocycles. The Balaban J connectivity index is 1.79. The van der Waals surface area contributed by atoms with E-state index in [4.69, 9.17) is 28.4 Å². The van der Waals surface area contributed by atoms with Crippen LogP contribution in [0, 0.1) is 0 Å². The molecule has 3 aromatic carbocycles. The second-order valence-corrected chi connectivity index (χ2v) is 7.85. The minimum Gasteiger partial charge on any atom is -0.506 e. The number of phenolic OH excluding ortho intramolecular Hbond substituents is 1. The summed E-state index contributed by atoms with van der Waals surface area (Å²) in [5.74, 6) is 2.46. The van der Waals surface area contributed by atoms with Crippen molar-refractivity contribution in [2.75, 3.05) is 48.0 Å². The summed E-state index contributed by atoms with van der Waals surface area (Å²) < 4.78 is 32.2. The van der Waals surface area contributed by atoms with E-state index in [1.807, 2.05) is 24.3 Å². The molecule has 1 amide bonds. The van der Waals surface area contributed by atoms with Crippen LogP contribution in [0.25, 0.3) is 18.2 Å². The number of benzene rings is 3. The normalized spacial score (nSPS) is 10.9. The van der Waals surface area contributed by atoms with Crippen molar-refractivity contribution in [1.29, 1.82) is 0 Å². The first-order chi connectivity index (χ1) is 18.4. The van der Waals surface area contributed by atoms with Gasteiger partial charge < -0.3 is 38.8 Å². The highest BCUT2D eigenvalue weighted by molar-refractivity contribution is 6.03. The molecule has 0 bridgehead atoms. The van der Waals surface area contributed by atoms with E-state index in [1.165, 1.54) is 33.5 Å². The van der Waals surface area contributed by atoms with E-state index in [2.05, 4.69) is 5.32 Å². The van der Waals surface area contributed by atoms with Crippen molar-refractivity contribution >= 4 is 29.8 Å². The minimum absolute atomic E-state index is 0.0653. The zero-order valence-corrected chi connectivity index (χ0v) is 22.2. The van der Waals surface area contributed by atoms with Crippen LogP contribution in [0.3, 0.4) is 0 Å². The Kier molecular flexibility index (Phi) is 9.48. The van der Waals surface area contributed by atoms with Crippen LogP contribution in [-0.4, -0.2) is 53.7 Å². The molecule has 0 saturated heterocycles. The Morgan fingerprint density at radius 2 is 1.08 bits per heavy atom. The van der Waals surface area contributed by atoms with Crippen LogP contribution < -0.4 is 33.7 Å². The number of hydrogen-bond donors (Lipinski definition) is 2. The summed E-state index contributed by atoms with van der Waals surface area (Å²) in [5.41, 5.74) is 2.49. The standard InChI is InChI=1S/C29H31NO8/c1-33-23-14-19(15-24(34-2)28(23)37-5)8-7-18-9-11-22(31)21(13-18)30-27(32)12-10-20-16-25(35-3)29(38-6)26(17-20)36-4/h7-17,31H,1-6H3,(H,30,32)/b8-7+,12-10+. The lowest BCUT2D eigenvalue weighted by Crippen LogP contribution is -2.08. The Morgan fingerprint density at radius 1 is 0.632 bits per heavy atom. The van der Waals surface area contributed by atoms with Gasteiger partial charge in [0.25, 0.3) is 0 Å². The van der Waals surface area contributed by atoms with Gasteiger partial charge in [0.1, 0.15) is 5.75 Å². The molecule has 0 fully saturated rings. The molecule has 0 aliphatic heterocycles. The van der Waals surface area contributed by atoms with Crippen molar-refractivity contribution in [2.45, 2.75) is 0 Å². The van der Waals surface area contributed by atoms with Crippen molar-refractivity contribution in [3.8, 4) is 40.2 Å². The summed E-state index contributed by atoms with van der Waals surface area (Å²) in [6.07, 6.45) is 6.64. The van der Waals surface area contributed by atoms with Crippen molar-refractivity contribution in [3.63, 3.8) is 0 Å². The highest BCUT2D eigenvalue weighted by Gasteiger charge is 2.13. The second kappa shape index (κ2) is 13.0. The van der Waals surface area contributed by atoms with Crippen molar-refractivity contribution in [3.05, 3.63) is 65.2 Å². The summed E-state index contributed by atoms with van der Waals surface area (Å²) in [5, 5.41) is 13.0. The fraction of sp³-hybridized carbons (Fsp3) is 0.207. The van der Waals surface area contributed by atoms with Crippen LogP contribution >= 0.6 is 0 Å². The van der Waals surface area contributed by atoms with Crippen LogP contribution in [0.4, 0.5) is 5.69 Å². The largest absolute Gasteiger partial charge is 0.506 e. The monoisotopic (exact) mass is 521 g/mol. The van der Waals surface area contributed by atoms with Gasteiger partial charge in [-0.15, -0.1) is 0 Å². The Hall–Kier alpha value is -4.79. The maximum Gasteiger partial charge on any atom is 0.248 e. The molecule has 0 spiro atoms. The molecule has 0 aromatic heterocycles. The molecule has 9 nitrogen and oxygen atoms in total. The molecule has 0 heterocycles. The number of nitrogens with one attached hydrogen (secondary N) is 1. The fourth-order valence-electron chi connectivity index (χ4n) is 3.69. The number of rotatable bonds is 11. The highest BCUT2D eigenvalue weighted by atomic mass is 16.5. The predicted molar refractivity (Wildman–Crippen MR) is 147 cm³/mol. The van der Waals surface area contributed by atoms with E-state index in [-0.39, 0.29) is 11.4 Å². The molecule has 38 heavy (non-hydrogen) atoms. The number of aromatic hydroxyl groups is 1. The van der Waals surface area contributed by atoms with Crippen molar-refractivity contribution < 1.29 is 38.3 Å². The molecule has 3 rings (SSSR count). The maximum absolute atomic E-state index is 12.6. The summed E-state index contributed by atoms with van der Waals surface area (Å²) in [6, 6.07) is 12.0. The lowest BCUT2D eigenvalue weighted by Gasteiger charge is -2.13. The first-order valence-corrected chi connectivity index (χ1v) is 11.5. The van der Waals surface area contributed by atoms with Crippen LogP contribution in [0.1, 0.15) is 16.7 Å². The molecular formula is C29H31NO8. The van der Waals surface area contributed by atoms with Crippen LogP contribution in [0.2, 0.25) is 0 Å². The number of ether oxygens (including phenoxy) is 6. The van der Waals surface area contributed by atoms with Gasteiger partial charge in [-0.2, -0.15) is 0 Å². The molecule has 3 aromatic rings. The summed E-state index contributed by atoms with van der Waals surface area (Å²) in [7, 11) is 9.20. The number of carbonyl (C=O) groups excluding carboxylic acids is 1. The van der Waals surface area contributed by atoms with Gasteiger partial charge in [0.15, 0.2) is 23.0 Å². The maximum atomic E-state index is 12.6. The van der Waals surface area contributed by atoms with Crippen molar-refractivity contribution in [2.24, 2.45) is 0 Å². The van der Waals surface area contributed by atoms with E-state index in [1.54, 1.807) is 51.7 Å². The van der Waals surface area contributed by atoms with Gasteiger partial charge in [0.2, 0.25) is 17.4 Å². The molecule has 0 atom stereocenters. The molecule has 9 heteroatoms. The van der Waals surface area contributed by atoms with E-state index >= 15 is 0 Å². The zero-order chi connectivity index (χ0) is 27.7. The van der Waals surface area contributed by atoms with E-state index in [0.717, 1.165) is 11.1 Å². The lowest BCUT2D eigenvalue weighted by atomic mass is 10.1. The van der Waals surface area contributed by atoms with Gasteiger partial charge in [0, 0.05) is 6.08 Å². The molecule has 0 aliphatic rings. The summed E-state index contributed by atoms with van der Waals surface area (Å²) in [6.45, 7) is 0. The van der Waals surface area contributed by atoms with Crippen molar-refractivity contribution in [1.82, 2.24) is 0 Å². The van der Waals surface area contributed by atoms with Crippen LogP contribution in [-0.2, 0) is 4.79 Å². The number of amides is 1. The van der Waals surface area contributed by atoms with Gasteiger partial charge in [-0.1, -0.05) is 18.2 Å². The van der Waals surface area contributed by atoms with E-state index in [9.17, 15) is 9.90 Å². The average Bonchev–Trinajstić information content (AvgIpc) is 2.94. The Bertz CT molecular complexity index is 1300. The first kappa shape index (κ1) is 27.8. The predicted octanol–water partition coefficient (Wildman–Crippen LogP) is 5.27. The summed E-state index contributed by atoms with van der Waals surface area (Å²) in [4.78, 5) is 12.6. The minimum atomic E-state index is -0.431. The number of hydrogen-bond acceptors (Lipinski definition) is 8. The highest BCUT2D eigenvalue weighted by Crippen LogP contribution is 2.39. The molecular weight excluding hydrogens is 490 g/mol. The van der Waals surface area contributed by atoms with Gasteiger partial charge in [-0.05, 0) is 59.2 Å². The second-order valence-electron chi connectivity index (χ2n) is 7.85. The smallest absolute Gasteiger partial charge is 0.248 e. The van der Waals surface area contributed by atoms with Gasteiger partial charge in [0.05, 0.1) is 48.3 Å². The third-order valence-corrected chi connectivity index (χ3v) is 5.55. The average molecular weight is 522 g/mol. The third kappa shape index (κ3) is 6.50. The Morgan fingerprint density at radius 3 is 1.53 bits per heavy atom. The van der Waals surface area contributed by atoms with Gasteiger partial charge >= 0.3 is 0 Å².